The van der Waals surface area contributed by atoms with Crippen LogP contribution in [-0.4, -0.2) is 35.4 Å². The third kappa shape index (κ3) is 6.60. The highest BCUT2D eigenvalue weighted by molar-refractivity contribution is 8.01. The molecule has 2 atom stereocenters. The predicted molar refractivity (Wildman–Crippen MR) is 158 cm³/mol. The van der Waals surface area contributed by atoms with Crippen molar-refractivity contribution in [2.45, 2.75) is 35.4 Å². The van der Waals surface area contributed by atoms with Crippen LogP contribution >= 0.6 is 11.8 Å². The Balaban J connectivity index is 0.00000370. The fraction of sp³-hybridized carbons (Fsp3) is 0.235. The van der Waals surface area contributed by atoms with E-state index < -0.39 is 4.75 Å². The van der Waals surface area contributed by atoms with E-state index in [4.69, 9.17) is 4.74 Å². The van der Waals surface area contributed by atoms with Crippen molar-refractivity contribution in [1.29, 1.82) is 0 Å². The number of benzene rings is 3. The second-order valence-corrected chi connectivity index (χ2v) is 11.3. The summed E-state index contributed by atoms with van der Waals surface area (Å²) in [5, 5.41) is 0.215. The van der Waals surface area contributed by atoms with E-state index in [9.17, 15) is 4.79 Å². The lowest BCUT2D eigenvalue weighted by atomic mass is 9.84. The van der Waals surface area contributed by atoms with Crippen LogP contribution in [0.5, 0.6) is 0 Å². The minimum atomic E-state index is -0.422. The number of aromatic nitrogens is 1. The summed E-state index contributed by atoms with van der Waals surface area (Å²) in [6.45, 7) is 5.41. The summed E-state index contributed by atoms with van der Waals surface area (Å²) >= 11 is 1.95. The lowest BCUT2D eigenvalue weighted by Crippen LogP contribution is -3.00. The summed E-state index contributed by atoms with van der Waals surface area (Å²) in [5.74, 6) is 0. The number of likely N-dealkylation sites (tertiary alicyclic amines) is 1. The number of aryl methyl sites for hydroxylation is 1. The van der Waals surface area contributed by atoms with Gasteiger partial charge in [-0.25, -0.2) is 9.36 Å². The third-order valence-corrected chi connectivity index (χ3v) is 9.05. The zero-order valence-corrected chi connectivity index (χ0v) is 24.1. The van der Waals surface area contributed by atoms with Crippen LogP contribution in [0.2, 0.25) is 0 Å². The number of halogens is 1. The molecule has 3 aromatic carbocycles. The van der Waals surface area contributed by atoms with Gasteiger partial charge >= 0.3 is 6.09 Å². The minimum Gasteiger partial charge on any atom is -1.00 e. The minimum absolute atomic E-state index is 0. The van der Waals surface area contributed by atoms with Gasteiger partial charge in [0.1, 0.15) is 13.2 Å². The first kappa shape index (κ1) is 29.4. The van der Waals surface area contributed by atoms with E-state index >= 15 is 0 Å². The van der Waals surface area contributed by atoms with E-state index in [1.807, 2.05) is 34.9 Å². The average Bonchev–Trinajstić information content (AvgIpc) is 3.42. The Bertz CT molecular complexity index is 1240. The van der Waals surface area contributed by atoms with Crippen molar-refractivity contribution < 1.29 is 26.5 Å². The van der Waals surface area contributed by atoms with Gasteiger partial charge in [0.25, 0.3) is 0 Å². The topological polar surface area (TPSA) is 33.4 Å². The Morgan fingerprint density at radius 3 is 1.88 bits per heavy atom. The number of nitrogens with zero attached hydrogens (tertiary/aromatic N) is 2. The van der Waals surface area contributed by atoms with Gasteiger partial charge in [0.15, 0.2) is 12.4 Å². The summed E-state index contributed by atoms with van der Waals surface area (Å²) in [5.41, 5.74) is 3.70. The first-order chi connectivity index (χ1) is 19.2. The number of carbonyl (C=O) groups excluding carboxylic acids is 1. The van der Waals surface area contributed by atoms with Crippen molar-refractivity contribution >= 4 is 17.9 Å². The van der Waals surface area contributed by atoms with E-state index in [1.54, 1.807) is 6.08 Å². The van der Waals surface area contributed by atoms with Gasteiger partial charge in [-0.05, 0) is 23.1 Å². The summed E-state index contributed by atoms with van der Waals surface area (Å²) in [7, 11) is 0. The molecule has 2 heterocycles. The quantitative estimate of drug-likeness (QED) is 0.165. The molecule has 1 aromatic heterocycles. The van der Waals surface area contributed by atoms with Gasteiger partial charge < -0.3 is 22.0 Å². The van der Waals surface area contributed by atoms with Crippen LogP contribution < -0.4 is 17.0 Å². The smallest absolute Gasteiger partial charge is 0.410 e. The van der Waals surface area contributed by atoms with Crippen molar-refractivity contribution in [2.24, 2.45) is 0 Å². The van der Waals surface area contributed by atoms with E-state index in [2.05, 4.69) is 115 Å². The largest absolute Gasteiger partial charge is 1.00 e. The monoisotopic (exact) mass is 570 g/mol. The Hall–Kier alpha value is -3.54. The van der Waals surface area contributed by atoms with Crippen molar-refractivity contribution in [3.63, 3.8) is 0 Å². The lowest BCUT2D eigenvalue weighted by Gasteiger charge is -2.37. The van der Waals surface area contributed by atoms with Crippen LogP contribution in [0.25, 0.3) is 0 Å². The van der Waals surface area contributed by atoms with E-state index in [0.29, 0.717) is 6.54 Å². The van der Waals surface area contributed by atoms with E-state index in [-0.39, 0.29) is 36.4 Å². The Morgan fingerprint density at radius 2 is 1.38 bits per heavy atom. The van der Waals surface area contributed by atoms with Gasteiger partial charge in [-0.3, -0.25) is 0 Å². The summed E-state index contributed by atoms with van der Waals surface area (Å²) in [4.78, 5) is 15.1. The lowest BCUT2D eigenvalue weighted by molar-refractivity contribution is -0.697. The second kappa shape index (κ2) is 14.2. The summed E-state index contributed by atoms with van der Waals surface area (Å²) in [6.07, 6.45) is 7.28. The Morgan fingerprint density at radius 1 is 0.875 bits per heavy atom. The fourth-order valence-corrected chi connectivity index (χ4v) is 7.39. The van der Waals surface area contributed by atoms with Crippen LogP contribution in [0.4, 0.5) is 4.79 Å². The van der Waals surface area contributed by atoms with Gasteiger partial charge in [-0.2, -0.15) is 0 Å². The molecule has 1 aliphatic rings. The highest BCUT2D eigenvalue weighted by Crippen LogP contribution is 2.52. The molecule has 0 bridgehead atoms. The molecule has 1 fully saturated rings. The van der Waals surface area contributed by atoms with Crippen LogP contribution in [0, 0.1) is 0 Å². The molecule has 0 saturated carbocycles. The number of thioether (sulfide) groups is 1. The van der Waals surface area contributed by atoms with Gasteiger partial charge in [-0.15, -0.1) is 11.8 Å². The number of pyridine rings is 1. The van der Waals surface area contributed by atoms with Crippen molar-refractivity contribution in [3.8, 4) is 0 Å². The maximum Gasteiger partial charge on any atom is 0.410 e. The van der Waals surface area contributed by atoms with Crippen LogP contribution in [0.1, 0.15) is 29.5 Å². The molecular weight excluding hydrogens is 536 g/mol. The average molecular weight is 571 g/mol. The van der Waals surface area contributed by atoms with E-state index in [1.165, 1.54) is 16.7 Å². The highest BCUT2D eigenvalue weighted by Gasteiger charge is 2.44. The molecule has 0 spiro atoms. The number of carbonyl (C=O) groups is 1. The Kier molecular flexibility index (Phi) is 10.5. The fourth-order valence-electron chi connectivity index (χ4n) is 5.52. The van der Waals surface area contributed by atoms with Crippen molar-refractivity contribution in [1.82, 2.24) is 4.90 Å². The van der Waals surface area contributed by atoms with Crippen LogP contribution in [-0.2, 0) is 16.0 Å². The maximum absolute atomic E-state index is 13.2. The van der Waals surface area contributed by atoms with Crippen molar-refractivity contribution in [2.75, 3.05) is 13.2 Å². The predicted octanol–water partition coefficient (Wildman–Crippen LogP) is 3.86. The molecule has 1 aliphatic heterocycles. The first-order valence-electron chi connectivity index (χ1n) is 13.5. The standard InChI is InChI=1S/C34H35N2O2S.ClH/c1-2-25-38-33(37)36-27-32(26-31(36)21-24-35-22-13-6-14-23-35)39-34(28-15-7-3-8-16-28,29-17-9-4-10-18-29)30-19-11-5-12-20-30;/h2-20,22-23,31-32H,1,21,24-27H2;1H/q+1;/p-1/t31-,32+;/m1./s1. The number of hydrogen-bond donors (Lipinski definition) is 0. The molecule has 4 nitrogen and oxygen atoms in total. The molecule has 1 saturated heterocycles. The van der Waals surface area contributed by atoms with Gasteiger partial charge in [0.05, 0.1) is 4.75 Å². The second-order valence-electron chi connectivity index (χ2n) is 9.83. The SMILES string of the molecule is C=CCOC(=O)N1C[C@@H](SC(c2ccccc2)(c2ccccc2)c2ccccc2)C[C@H]1CC[n+]1ccccc1.[Cl-]. The molecule has 5 rings (SSSR count). The number of ether oxygens (including phenoxy) is 1. The van der Waals surface area contributed by atoms with E-state index in [0.717, 1.165) is 19.4 Å². The molecule has 0 aliphatic carbocycles. The first-order valence-corrected chi connectivity index (χ1v) is 14.4. The van der Waals surface area contributed by atoms with Crippen LogP contribution in [0.3, 0.4) is 0 Å². The zero-order valence-electron chi connectivity index (χ0n) is 22.5. The maximum atomic E-state index is 13.2. The van der Waals surface area contributed by atoms with Gasteiger partial charge in [0, 0.05) is 36.4 Å². The van der Waals surface area contributed by atoms with Gasteiger partial charge in [-0.1, -0.05) is 110 Å². The number of rotatable bonds is 10. The number of amides is 1. The molecule has 0 radical (unpaired) electrons. The summed E-state index contributed by atoms with van der Waals surface area (Å²) in [6, 6.07) is 38.4. The zero-order chi connectivity index (χ0) is 26.9. The van der Waals surface area contributed by atoms with Crippen LogP contribution in [0.15, 0.2) is 134 Å². The third-order valence-electron chi connectivity index (χ3n) is 7.32. The highest BCUT2D eigenvalue weighted by atomic mass is 35.5. The molecule has 6 heteroatoms. The van der Waals surface area contributed by atoms with Crippen molar-refractivity contribution in [3.05, 3.63) is 151 Å². The molecule has 1 amide bonds. The Labute approximate surface area is 248 Å². The molecule has 0 N–H and O–H groups in total. The summed E-state index contributed by atoms with van der Waals surface area (Å²) < 4.78 is 7.30. The molecule has 206 valence electrons. The molecule has 40 heavy (non-hydrogen) atoms. The molecule has 4 aromatic rings. The molecule has 0 unspecified atom stereocenters. The normalized spacial score (nSPS) is 16.6. The number of hydrogen-bond acceptors (Lipinski definition) is 3. The molecular formula is C34H35ClN2O2S. The van der Waals surface area contributed by atoms with Gasteiger partial charge in [0.2, 0.25) is 0 Å².